The van der Waals surface area contributed by atoms with Gasteiger partial charge in [0.05, 0.1) is 61.4 Å². The molecule has 10 nitrogen and oxygen atoms in total. The van der Waals surface area contributed by atoms with E-state index < -0.39 is 17.0 Å². The van der Waals surface area contributed by atoms with Crippen LogP contribution in [0.4, 0.5) is 11.6 Å². The molecule has 0 unspecified atom stereocenters. The van der Waals surface area contributed by atoms with Gasteiger partial charge in [-0.1, -0.05) is 310 Å². The SMILES string of the molecule is CCCCCCCCCCCCCCCC(=O)Nc1[nH]n(-c2c(Cl)c(Cl)c(Cl)c(Cl)c2Cl)c(=O)c1C(CCCCC)c1c(NC(=O)CCCCCCCCCCCCCCC)[nH]n(-c2c(Cl)c(Cl)c(Cl)c(Cl)c2Cl)c1=O. The summed E-state index contributed by atoms with van der Waals surface area (Å²) in [5.74, 6) is -1.95. The predicted octanol–water partition coefficient (Wildman–Crippen LogP) is 21.7. The van der Waals surface area contributed by atoms with E-state index in [9.17, 15) is 9.59 Å². The number of unbranched alkanes of at least 4 members (excludes halogenated alkanes) is 26. The molecule has 2 aromatic carbocycles. The van der Waals surface area contributed by atoms with Crippen molar-refractivity contribution in [2.75, 3.05) is 10.6 Å². The Labute approximate surface area is 500 Å². The van der Waals surface area contributed by atoms with Crippen LogP contribution in [0.3, 0.4) is 0 Å². The first kappa shape index (κ1) is 66.8. The topological polar surface area (TPSA) is 134 Å². The third-order valence-corrected chi connectivity index (χ3v) is 18.5. The Kier molecular flexibility index (Phi) is 31.6. The van der Waals surface area contributed by atoms with Crippen molar-refractivity contribution < 1.29 is 9.59 Å². The maximum Gasteiger partial charge on any atom is 0.277 e. The zero-order chi connectivity index (χ0) is 55.7. The monoisotopic (exact) mass is 1250 g/mol. The van der Waals surface area contributed by atoms with Gasteiger partial charge in [-0.3, -0.25) is 29.4 Å². The van der Waals surface area contributed by atoms with E-state index in [1.54, 1.807) is 0 Å². The normalized spacial score (nSPS) is 11.7. The number of H-pyrrole nitrogens is 2. The van der Waals surface area contributed by atoms with Gasteiger partial charge in [-0.2, -0.15) is 0 Å². The fraction of sp³-hybridized carbons (Fsp3) is 0.643. The number of aromatic nitrogens is 4. The lowest BCUT2D eigenvalue weighted by atomic mass is 9.88. The number of nitrogens with one attached hydrogen (secondary N) is 4. The quantitative estimate of drug-likeness (QED) is 0.0202. The Hall–Kier alpha value is -1.70. The number of hydrogen-bond donors (Lipinski definition) is 4. The fourth-order valence-electron chi connectivity index (χ4n) is 9.67. The average Bonchev–Trinajstić information content (AvgIpc) is 3.88. The summed E-state index contributed by atoms with van der Waals surface area (Å²) in [4.78, 5) is 58.5. The molecule has 2 heterocycles. The number of nitrogens with zero attached hydrogens (tertiary/aromatic N) is 2. The van der Waals surface area contributed by atoms with Crippen molar-refractivity contribution in [3.63, 3.8) is 0 Å². The van der Waals surface area contributed by atoms with E-state index in [0.717, 1.165) is 67.2 Å². The van der Waals surface area contributed by atoms with Gasteiger partial charge in [-0.25, -0.2) is 9.36 Å². The number of benzene rings is 2. The number of carbonyl (C=O) groups excluding carboxylic acids is 2. The lowest BCUT2D eigenvalue weighted by Crippen LogP contribution is -2.26. The van der Waals surface area contributed by atoms with Crippen LogP contribution in [0, 0.1) is 0 Å². The molecule has 20 heteroatoms. The number of halogens is 10. The van der Waals surface area contributed by atoms with E-state index in [0.29, 0.717) is 25.7 Å². The van der Waals surface area contributed by atoms with E-state index in [1.807, 2.05) is 6.92 Å². The molecule has 0 saturated heterocycles. The van der Waals surface area contributed by atoms with Crippen molar-refractivity contribution in [1.29, 1.82) is 0 Å². The Morgan fingerprint density at radius 3 is 0.882 bits per heavy atom. The van der Waals surface area contributed by atoms with E-state index in [2.05, 4.69) is 34.7 Å². The second-order valence-electron chi connectivity index (χ2n) is 20.0. The van der Waals surface area contributed by atoms with Crippen LogP contribution >= 0.6 is 116 Å². The molecule has 0 fully saturated rings. The minimum Gasteiger partial charge on any atom is -0.311 e. The minimum atomic E-state index is -1.12. The molecule has 0 atom stereocenters. The Morgan fingerprint density at radius 1 is 0.368 bits per heavy atom. The maximum atomic E-state index is 15.3. The van der Waals surface area contributed by atoms with Crippen LogP contribution in [0.15, 0.2) is 9.59 Å². The smallest absolute Gasteiger partial charge is 0.277 e. The number of anilines is 2. The van der Waals surface area contributed by atoms with Crippen LogP contribution in [0.1, 0.15) is 243 Å². The van der Waals surface area contributed by atoms with Crippen LogP contribution < -0.4 is 21.8 Å². The molecule has 0 saturated carbocycles. The first-order chi connectivity index (χ1) is 36.5. The summed E-state index contributed by atoms with van der Waals surface area (Å²) in [6, 6.07) is 0. The van der Waals surface area contributed by atoms with Crippen molar-refractivity contribution in [2.45, 2.75) is 232 Å². The van der Waals surface area contributed by atoms with E-state index >= 15 is 9.59 Å². The lowest BCUT2D eigenvalue weighted by Gasteiger charge is -2.17. The summed E-state index contributed by atoms with van der Waals surface area (Å²) in [6.45, 7) is 6.48. The summed E-state index contributed by atoms with van der Waals surface area (Å²) < 4.78 is 2.04. The van der Waals surface area contributed by atoms with Gasteiger partial charge in [0.15, 0.2) is 0 Å². The highest BCUT2D eigenvalue weighted by atomic mass is 35.5. The molecule has 0 aliphatic carbocycles. The lowest BCUT2D eigenvalue weighted by molar-refractivity contribution is -0.117. The van der Waals surface area contributed by atoms with E-state index in [4.69, 9.17) is 116 Å². The summed E-state index contributed by atoms with van der Waals surface area (Å²) in [5, 5.41) is 10.2. The first-order valence-corrected chi connectivity index (χ1v) is 31.6. The van der Waals surface area contributed by atoms with Crippen molar-refractivity contribution in [1.82, 2.24) is 19.6 Å². The molecule has 0 aliphatic heterocycles. The van der Waals surface area contributed by atoms with Gasteiger partial charge in [0.1, 0.15) is 23.0 Å². The molecule has 2 aromatic heterocycles. The second-order valence-corrected chi connectivity index (χ2v) is 23.8. The zero-order valence-corrected chi connectivity index (χ0v) is 52.1. The summed E-state index contributed by atoms with van der Waals surface area (Å²) in [7, 11) is 0. The molecule has 4 aromatic rings. The van der Waals surface area contributed by atoms with E-state index in [1.165, 1.54) is 103 Å². The molecule has 2 amide bonds. The van der Waals surface area contributed by atoms with Crippen LogP contribution in [0.2, 0.25) is 50.2 Å². The molecule has 76 heavy (non-hydrogen) atoms. The van der Waals surface area contributed by atoms with Crippen LogP contribution in [-0.4, -0.2) is 31.4 Å². The first-order valence-electron chi connectivity index (χ1n) is 27.9. The highest BCUT2D eigenvalue weighted by Gasteiger charge is 2.35. The maximum absolute atomic E-state index is 15.3. The Balaban J connectivity index is 1.71. The van der Waals surface area contributed by atoms with Crippen LogP contribution in [-0.2, 0) is 9.59 Å². The number of amides is 2. The van der Waals surface area contributed by atoms with Crippen molar-refractivity contribution >= 4 is 139 Å². The molecule has 0 aliphatic rings. The van der Waals surface area contributed by atoms with Crippen molar-refractivity contribution in [3.05, 3.63) is 82.1 Å². The number of rotatable bonds is 38. The van der Waals surface area contributed by atoms with Gasteiger partial charge in [-0.15, -0.1) is 0 Å². The van der Waals surface area contributed by atoms with Crippen LogP contribution in [0.25, 0.3) is 11.4 Å². The Bertz CT molecular complexity index is 2360. The van der Waals surface area contributed by atoms with Gasteiger partial charge in [-0.05, 0) is 19.3 Å². The van der Waals surface area contributed by atoms with Crippen LogP contribution in [0.5, 0.6) is 0 Å². The standard InChI is InChI=1S/C56H78Cl10N6O4/c1-4-7-10-12-14-16-18-20-22-24-26-28-31-34-37(73)67-53-39(55(75)71(69-53)51-47(63)43(59)41(57)44(60)48(51)64)36(33-30-9-6-3)40-54(70-72(56(40)76)52-49(65)45(61)42(58)46(62)50(52)66)68-38(74)35-32-29-27-25-23-21-19-17-15-13-11-8-5-2/h36,69-70H,4-35H2,1-3H3,(H,67,73)(H,68,74). The van der Waals surface area contributed by atoms with Gasteiger partial charge in [0.25, 0.3) is 11.1 Å². The summed E-state index contributed by atoms with van der Waals surface area (Å²) in [6.07, 6.45) is 32.3. The summed E-state index contributed by atoms with van der Waals surface area (Å²) in [5.41, 5.74) is -1.85. The zero-order valence-electron chi connectivity index (χ0n) is 44.5. The van der Waals surface area contributed by atoms with Gasteiger partial charge < -0.3 is 10.6 Å². The molecule has 426 valence electrons. The third-order valence-electron chi connectivity index (χ3n) is 14.0. The minimum absolute atomic E-state index is 0.0365. The number of carbonyl (C=O) groups is 2. The number of hydrogen-bond acceptors (Lipinski definition) is 4. The van der Waals surface area contributed by atoms with Gasteiger partial charge in [0.2, 0.25) is 11.8 Å². The third kappa shape index (κ3) is 19.5. The molecule has 0 spiro atoms. The molecule has 4 N–H and O–H groups in total. The molecular weight excluding hydrogens is 1180 g/mol. The fourth-order valence-corrected chi connectivity index (χ4v) is 12.3. The van der Waals surface area contributed by atoms with Gasteiger partial charge >= 0.3 is 0 Å². The second kappa shape index (κ2) is 35.9. The van der Waals surface area contributed by atoms with Crippen molar-refractivity contribution in [3.8, 4) is 11.4 Å². The Morgan fingerprint density at radius 2 is 0.605 bits per heavy atom. The van der Waals surface area contributed by atoms with Gasteiger partial charge in [0, 0.05) is 18.8 Å². The largest absolute Gasteiger partial charge is 0.311 e. The molecule has 0 bridgehead atoms. The molecular formula is C56H78Cl10N6O4. The van der Waals surface area contributed by atoms with Crippen molar-refractivity contribution in [2.24, 2.45) is 0 Å². The highest BCUT2D eigenvalue weighted by molar-refractivity contribution is 6.57. The highest BCUT2D eigenvalue weighted by Crippen LogP contribution is 2.48. The predicted molar refractivity (Wildman–Crippen MR) is 327 cm³/mol. The molecule has 0 radical (unpaired) electrons. The average molecular weight is 1250 g/mol. The number of aromatic amines is 2. The van der Waals surface area contributed by atoms with E-state index in [-0.39, 0.29) is 115 Å². The summed E-state index contributed by atoms with van der Waals surface area (Å²) >= 11 is 66.1. The molecule has 4 rings (SSSR count).